The van der Waals surface area contributed by atoms with Crippen molar-refractivity contribution in [3.8, 4) is 11.4 Å². The van der Waals surface area contributed by atoms with E-state index in [0.717, 1.165) is 5.56 Å². The molecule has 10 heteroatoms. The summed E-state index contributed by atoms with van der Waals surface area (Å²) in [6.07, 6.45) is 1.58. The molecule has 36 heavy (non-hydrogen) atoms. The highest BCUT2D eigenvalue weighted by atomic mass is 16.6. The lowest BCUT2D eigenvalue weighted by Gasteiger charge is -2.31. The third kappa shape index (κ3) is 3.49. The molecule has 2 aromatic heterocycles. The van der Waals surface area contributed by atoms with Crippen LogP contribution < -0.4 is 10.9 Å². The van der Waals surface area contributed by atoms with Crippen molar-refractivity contribution in [2.75, 3.05) is 7.11 Å². The standard InChI is InChI=1S/C26H23N3O7/c1-4-26(34)18-10-21-22-15(11-29(21)23(31)17(18)12-36-25(26)33)8-16-14(6-5-7-19(16)28-22)9-20(24(32)35-3)27-13(2)30/h5-10,34H,4,11-12H2,1-3H3,(H,27,30)/b20-9-. The number of methoxy groups -OCH3 is 1. The molecule has 0 bridgehead atoms. The maximum atomic E-state index is 13.3. The average Bonchev–Trinajstić information content (AvgIpc) is 3.22. The molecular weight excluding hydrogens is 466 g/mol. The maximum absolute atomic E-state index is 13.3. The van der Waals surface area contributed by atoms with Gasteiger partial charge >= 0.3 is 11.9 Å². The van der Waals surface area contributed by atoms with Gasteiger partial charge in [-0.1, -0.05) is 19.1 Å². The minimum Gasteiger partial charge on any atom is -0.464 e. The van der Waals surface area contributed by atoms with Crippen LogP contribution in [0.15, 0.2) is 40.8 Å². The fourth-order valence-electron chi connectivity index (χ4n) is 4.75. The second-order valence-electron chi connectivity index (χ2n) is 8.74. The van der Waals surface area contributed by atoms with Crippen molar-refractivity contribution in [1.29, 1.82) is 0 Å². The van der Waals surface area contributed by atoms with E-state index < -0.39 is 23.4 Å². The van der Waals surface area contributed by atoms with E-state index in [2.05, 4.69) is 5.32 Å². The van der Waals surface area contributed by atoms with Crippen molar-refractivity contribution in [2.24, 2.45) is 0 Å². The van der Waals surface area contributed by atoms with Crippen LogP contribution in [0.25, 0.3) is 28.4 Å². The number of cyclic esters (lactones) is 1. The molecule has 0 saturated heterocycles. The van der Waals surface area contributed by atoms with Crippen molar-refractivity contribution >= 4 is 34.8 Å². The third-order valence-electron chi connectivity index (χ3n) is 6.60. The van der Waals surface area contributed by atoms with Gasteiger partial charge in [0.15, 0.2) is 5.60 Å². The Labute approximate surface area is 205 Å². The van der Waals surface area contributed by atoms with Gasteiger partial charge in [0.25, 0.3) is 5.56 Å². The molecule has 0 fully saturated rings. The SMILES string of the molecule is CCC1(O)C(=O)OCc2c1cc1n(c2=O)Cc2cc3c(/C=C(\NC(C)=O)C(=O)OC)cccc3nc2-1. The number of amides is 1. The molecule has 184 valence electrons. The number of hydrogen-bond acceptors (Lipinski definition) is 8. The van der Waals surface area contributed by atoms with Gasteiger partial charge < -0.3 is 24.5 Å². The third-order valence-corrected chi connectivity index (χ3v) is 6.60. The van der Waals surface area contributed by atoms with E-state index in [1.165, 1.54) is 20.1 Å². The van der Waals surface area contributed by atoms with Crippen molar-refractivity contribution in [2.45, 2.75) is 39.0 Å². The van der Waals surface area contributed by atoms with E-state index in [9.17, 15) is 24.3 Å². The van der Waals surface area contributed by atoms with E-state index in [4.69, 9.17) is 14.5 Å². The second-order valence-corrected chi connectivity index (χ2v) is 8.74. The highest BCUT2D eigenvalue weighted by Gasteiger charge is 2.45. The number of nitrogens with zero attached hydrogens (tertiary/aromatic N) is 2. The molecule has 1 amide bonds. The van der Waals surface area contributed by atoms with Crippen LogP contribution in [-0.2, 0) is 42.6 Å². The number of ether oxygens (including phenoxy) is 2. The summed E-state index contributed by atoms with van der Waals surface area (Å²) in [6.45, 7) is 2.99. The van der Waals surface area contributed by atoms with Crippen molar-refractivity contribution in [3.63, 3.8) is 0 Å². The molecule has 2 aliphatic heterocycles. The second kappa shape index (κ2) is 8.42. The van der Waals surface area contributed by atoms with Crippen LogP contribution >= 0.6 is 0 Å². The van der Waals surface area contributed by atoms with E-state index in [1.54, 1.807) is 35.8 Å². The molecule has 0 radical (unpaired) electrons. The summed E-state index contributed by atoms with van der Waals surface area (Å²) >= 11 is 0. The summed E-state index contributed by atoms with van der Waals surface area (Å²) in [7, 11) is 1.22. The fourth-order valence-corrected chi connectivity index (χ4v) is 4.75. The van der Waals surface area contributed by atoms with Crippen molar-refractivity contribution in [1.82, 2.24) is 14.9 Å². The highest BCUT2D eigenvalue weighted by Crippen LogP contribution is 2.39. The molecule has 5 rings (SSSR count). The van der Waals surface area contributed by atoms with Crippen LogP contribution in [0.3, 0.4) is 0 Å². The molecule has 0 saturated carbocycles. The summed E-state index contributed by atoms with van der Waals surface area (Å²) in [5.74, 6) is -1.89. The number of pyridine rings is 2. The van der Waals surface area contributed by atoms with Gasteiger partial charge in [0.05, 0.1) is 36.1 Å². The van der Waals surface area contributed by atoms with Gasteiger partial charge in [0, 0.05) is 23.4 Å². The van der Waals surface area contributed by atoms with E-state index in [0.29, 0.717) is 27.9 Å². The van der Waals surface area contributed by atoms with Crippen molar-refractivity contribution < 1.29 is 29.0 Å². The van der Waals surface area contributed by atoms with Gasteiger partial charge in [-0.25, -0.2) is 14.6 Å². The molecule has 1 atom stereocenters. The Kier molecular flexibility index (Phi) is 5.48. The Morgan fingerprint density at radius 2 is 2.08 bits per heavy atom. The number of aliphatic hydroxyl groups is 1. The Morgan fingerprint density at radius 3 is 2.78 bits per heavy atom. The fraction of sp³-hybridized carbons (Fsp3) is 0.269. The summed E-state index contributed by atoms with van der Waals surface area (Å²) in [5, 5.41) is 14.2. The molecule has 2 N–H and O–H groups in total. The number of nitrogens with one attached hydrogen (secondary N) is 1. The largest absolute Gasteiger partial charge is 0.464 e. The lowest BCUT2D eigenvalue weighted by Crippen LogP contribution is -2.44. The number of fused-ring (bicyclic) bond motifs is 5. The molecule has 0 aliphatic carbocycles. The molecule has 3 aromatic rings. The van der Waals surface area contributed by atoms with Crippen LogP contribution in [0.4, 0.5) is 0 Å². The molecule has 2 aliphatic rings. The van der Waals surface area contributed by atoms with Gasteiger partial charge in [0.2, 0.25) is 5.91 Å². The van der Waals surface area contributed by atoms with E-state index in [-0.39, 0.29) is 42.0 Å². The van der Waals surface area contributed by atoms with Gasteiger partial charge in [-0.3, -0.25) is 9.59 Å². The molecule has 10 nitrogen and oxygen atoms in total. The summed E-state index contributed by atoms with van der Waals surface area (Å²) in [6, 6.07) is 8.87. The van der Waals surface area contributed by atoms with E-state index in [1.807, 2.05) is 6.07 Å². The smallest absolute Gasteiger partial charge is 0.354 e. The van der Waals surface area contributed by atoms with Crippen LogP contribution in [0.1, 0.15) is 42.5 Å². The number of rotatable bonds is 4. The average molecular weight is 489 g/mol. The minimum atomic E-state index is -1.89. The number of esters is 2. The predicted molar refractivity (Wildman–Crippen MR) is 128 cm³/mol. The summed E-state index contributed by atoms with van der Waals surface area (Å²) in [4.78, 5) is 54.2. The summed E-state index contributed by atoms with van der Waals surface area (Å²) < 4.78 is 11.4. The first kappa shape index (κ1) is 23.4. The Morgan fingerprint density at radius 1 is 1.31 bits per heavy atom. The number of carbonyl (C=O) groups excluding carboxylic acids is 3. The maximum Gasteiger partial charge on any atom is 0.354 e. The highest BCUT2D eigenvalue weighted by molar-refractivity contribution is 6.00. The van der Waals surface area contributed by atoms with Gasteiger partial charge in [-0.05, 0) is 36.3 Å². The molecule has 0 spiro atoms. The monoisotopic (exact) mass is 489 g/mol. The predicted octanol–water partition coefficient (Wildman–Crippen LogP) is 1.73. The minimum absolute atomic E-state index is 0.0197. The van der Waals surface area contributed by atoms with Crippen LogP contribution in [-0.4, -0.2) is 39.6 Å². The lowest BCUT2D eigenvalue weighted by atomic mass is 9.86. The first-order valence-corrected chi connectivity index (χ1v) is 11.3. The lowest BCUT2D eigenvalue weighted by molar-refractivity contribution is -0.172. The topological polar surface area (TPSA) is 137 Å². The Hall–Kier alpha value is -4.31. The zero-order chi connectivity index (χ0) is 25.8. The zero-order valence-electron chi connectivity index (χ0n) is 19.9. The zero-order valence-corrected chi connectivity index (χ0v) is 19.9. The quantitative estimate of drug-likeness (QED) is 0.327. The number of benzene rings is 1. The van der Waals surface area contributed by atoms with Gasteiger partial charge in [0.1, 0.15) is 12.3 Å². The number of carbonyl (C=O) groups is 3. The number of hydrogen-bond donors (Lipinski definition) is 2. The van der Waals surface area contributed by atoms with Gasteiger partial charge in [-0.15, -0.1) is 0 Å². The Balaban J connectivity index is 1.68. The molecule has 4 heterocycles. The van der Waals surface area contributed by atoms with Gasteiger partial charge in [-0.2, -0.15) is 0 Å². The molecule has 1 unspecified atom stereocenters. The van der Waals surface area contributed by atoms with Crippen LogP contribution in [0.5, 0.6) is 0 Å². The first-order chi connectivity index (χ1) is 17.2. The Bertz CT molecular complexity index is 1570. The molecular formula is C26H23N3O7. The summed E-state index contributed by atoms with van der Waals surface area (Å²) in [5.41, 5.74) is 1.29. The van der Waals surface area contributed by atoms with E-state index >= 15 is 0 Å². The first-order valence-electron chi connectivity index (χ1n) is 11.3. The molecule has 1 aromatic carbocycles. The van der Waals surface area contributed by atoms with Crippen LogP contribution in [0, 0.1) is 0 Å². The number of aromatic nitrogens is 2. The normalized spacial score (nSPS) is 18.2. The van der Waals surface area contributed by atoms with Crippen molar-refractivity contribution in [3.05, 3.63) is 68.6 Å². The van der Waals surface area contributed by atoms with Crippen LogP contribution in [0.2, 0.25) is 0 Å².